The lowest BCUT2D eigenvalue weighted by atomic mass is 10.6. The Labute approximate surface area is 79.9 Å². The van der Waals surface area contributed by atoms with Crippen molar-refractivity contribution in [1.82, 2.24) is 10.0 Å². The molecule has 13 heavy (non-hydrogen) atoms. The second-order valence-electron chi connectivity index (χ2n) is 2.54. The van der Waals surface area contributed by atoms with Crippen molar-refractivity contribution < 1.29 is 13.2 Å². The van der Waals surface area contributed by atoms with Crippen LogP contribution in [0.4, 0.5) is 0 Å². The molecule has 0 saturated carbocycles. The molecule has 2 N–H and O–H groups in total. The largest absolute Gasteiger partial charge is 0.383 e. The van der Waals surface area contributed by atoms with Crippen molar-refractivity contribution >= 4 is 10.0 Å². The number of sulfonamides is 1. The lowest BCUT2D eigenvalue weighted by molar-refractivity contribution is 0.199. The third-order valence-corrected chi connectivity index (χ3v) is 2.89. The van der Waals surface area contributed by atoms with Gasteiger partial charge in [-0.1, -0.05) is 0 Å². The molecule has 0 aromatic carbocycles. The maximum Gasteiger partial charge on any atom is 0.211 e. The molecule has 6 heteroatoms. The van der Waals surface area contributed by atoms with Gasteiger partial charge in [0.1, 0.15) is 0 Å². The Morgan fingerprint density at radius 2 is 1.92 bits per heavy atom. The van der Waals surface area contributed by atoms with Crippen LogP contribution in [0.3, 0.4) is 0 Å². The van der Waals surface area contributed by atoms with E-state index in [-0.39, 0.29) is 5.75 Å². The molecule has 0 radical (unpaired) electrons. The first-order valence-corrected chi connectivity index (χ1v) is 5.94. The van der Waals surface area contributed by atoms with Gasteiger partial charge in [-0.15, -0.1) is 0 Å². The van der Waals surface area contributed by atoms with E-state index in [4.69, 9.17) is 4.74 Å². The molecule has 0 atom stereocenters. The maximum absolute atomic E-state index is 10.9. The van der Waals surface area contributed by atoms with Gasteiger partial charge in [-0.3, -0.25) is 0 Å². The maximum atomic E-state index is 10.9. The smallest absolute Gasteiger partial charge is 0.211 e. The van der Waals surface area contributed by atoms with Gasteiger partial charge in [0.15, 0.2) is 0 Å². The van der Waals surface area contributed by atoms with Crippen molar-refractivity contribution in [2.75, 3.05) is 39.1 Å². The lowest BCUT2D eigenvalue weighted by Crippen LogP contribution is -2.33. The van der Waals surface area contributed by atoms with Crippen LogP contribution in [0.1, 0.15) is 6.92 Å². The molecule has 0 heterocycles. The van der Waals surface area contributed by atoms with E-state index in [1.807, 2.05) is 0 Å². The summed E-state index contributed by atoms with van der Waals surface area (Å²) in [6.45, 7) is 4.05. The molecule has 0 rings (SSSR count). The first-order chi connectivity index (χ1) is 6.12. The highest BCUT2D eigenvalue weighted by molar-refractivity contribution is 7.89. The van der Waals surface area contributed by atoms with E-state index in [1.165, 1.54) is 0 Å². The molecule has 0 bridgehead atoms. The molecule has 0 aliphatic rings. The van der Waals surface area contributed by atoms with Gasteiger partial charge in [0.05, 0.1) is 12.4 Å². The minimum absolute atomic E-state index is 0.130. The molecule has 5 nitrogen and oxygen atoms in total. The zero-order valence-corrected chi connectivity index (χ0v) is 8.99. The van der Waals surface area contributed by atoms with Crippen molar-refractivity contribution in [3.8, 4) is 0 Å². The molecule has 80 valence electrons. The third-order valence-electron chi connectivity index (χ3n) is 1.49. The first-order valence-electron chi connectivity index (χ1n) is 4.29. The molecule has 0 spiro atoms. The summed E-state index contributed by atoms with van der Waals surface area (Å²) in [5.74, 6) is 0.130. The topological polar surface area (TPSA) is 67.4 Å². The van der Waals surface area contributed by atoms with Crippen LogP contribution in [-0.4, -0.2) is 47.5 Å². The Morgan fingerprint density at radius 1 is 1.23 bits per heavy atom. The van der Waals surface area contributed by atoms with Gasteiger partial charge in [-0.05, 0) is 6.92 Å². The van der Waals surface area contributed by atoms with Gasteiger partial charge in [0.25, 0.3) is 0 Å². The molecule has 0 amide bonds. The van der Waals surface area contributed by atoms with E-state index >= 15 is 0 Å². The Hall–Kier alpha value is -0.170. The minimum Gasteiger partial charge on any atom is -0.383 e. The summed E-state index contributed by atoms with van der Waals surface area (Å²) in [6.07, 6.45) is 0. The van der Waals surface area contributed by atoms with E-state index in [2.05, 4.69) is 10.0 Å². The summed E-state index contributed by atoms with van der Waals surface area (Å²) in [5.41, 5.74) is 0. The fourth-order valence-corrected chi connectivity index (χ4v) is 1.31. The van der Waals surface area contributed by atoms with E-state index in [0.717, 1.165) is 6.54 Å². The van der Waals surface area contributed by atoms with E-state index in [0.29, 0.717) is 19.7 Å². The van der Waals surface area contributed by atoms with Crippen LogP contribution in [0, 0.1) is 0 Å². The quantitative estimate of drug-likeness (QED) is 0.513. The van der Waals surface area contributed by atoms with Gasteiger partial charge in [0, 0.05) is 26.7 Å². The zero-order chi connectivity index (χ0) is 10.2. The van der Waals surface area contributed by atoms with Gasteiger partial charge in [-0.25, -0.2) is 13.1 Å². The predicted octanol–water partition coefficient (Wildman–Crippen LogP) is -0.838. The fourth-order valence-electron chi connectivity index (χ4n) is 0.696. The van der Waals surface area contributed by atoms with Crippen molar-refractivity contribution in [2.45, 2.75) is 6.92 Å². The lowest BCUT2D eigenvalue weighted by Gasteiger charge is -2.05. The summed E-state index contributed by atoms with van der Waals surface area (Å²) >= 11 is 0. The minimum atomic E-state index is -3.03. The monoisotopic (exact) mass is 210 g/mol. The van der Waals surface area contributed by atoms with Crippen molar-refractivity contribution in [3.05, 3.63) is 0 Å². The van der Waals surface area contributed by atoms with Crippen LogP contribution in [0.25, 0.3) is 0 Å². The van der Waals surface area contributed by atoms with Crippen LogP contribution in [-0.2, 0) is 14.8 Å². The molecule has 0 aromatic rings. The molecule has 0 aliphatic heterocycles. The van der Waals surface area contributed by atoms with Crippen LogP contribution >= 0.6 is 0 Å². The number of nitrogens with one attached hydrogen (secondary N) is 2. The first kappa shape index (κ1) is 12.8. The molecule has 0 aliphatic carbocycles. The zero-order valence-electron chi connectivity index (χ0n) is 8.17. The molecule has 0 aromatic heterocycles. The summed E-state index contributed by atoms with van der Waals surface area (Å²) in [5, 5.41) is 3.03. The van der Waals surface area contributed by atoms with Gasteiger partial charge < -0.3 is 10.1 Å². The molecule has 0 unspecified atom stereocenters. The fraction of sp³-hybridized carbons (Fsp3) is 1.00. The second kappa shape index (κ2) is 7.25. The van der Waals surface area contributed by atoms with Crippen LogP contribution in [0.5, 0.6) is 0 Å². The average Bonchev–Trinajstić information content (AvgIpc) is 2.11. The van der Waals surface area contributed by atoms with Crippen molar-refractivity contribution in [1.29, 1.82) is 0 Å². The van der Waals surface area contributed by atoms with Crippen LogP contribution in [0.2, 0.25) is 0 Å². The summed E-state index contributed by atoms with van der Waals surface area (Å²) in [7, 11) is -1.41. The number of hydrogen-bond acceptors (Lipinski definition) is 4. The Kier molecular flexibility index (Phi) is 7.16. The number of ether oxygens (including phenoxy) is 1. The number of rotatable bonds is 8. The number of hydrogen-bond donors (Lipinski definition) is 2. The summed E-state index contributed by atoms with van der Waals surface area (Å²) in [4.78, 5) is 0. The SMILES string of the molecule is CCS(=O)(=O)NCCNCCOC. The van der Waals surface area contributed by atoms with Crippen LogP contribution in [0.15, 0.2) is 0 Å². The van der Waals surface area contributed by atoms with Crippen LogP contribution < -0.4 is 10.0 Å². The summed E-state index contributed by atoms with van der Waals surface area (Å²) < 4.78 is 29.1. The molecular formula is C7H18N2O3S. The Bertz CT molecular complexity index is 204. The Morgan fingerprint density at radius 3 is 2.46 bits per heavy atom. The Balaban J connectivity index is 3.26. The second-order valence-corrected chi connectivity index (χ2v) is 4.64. The molecular weight excluding hydrogens is 192 g/mol. The highest BCUT2D eigenvalue weighted by atomic mass is 32.2. The highest BCUT2D eigenvalue weighted by Gasteiger charge is 2.03. The van der Waals surface area contributed by atoms with E-state index in [1.54, 1.807) is 14.0 Å². The predicted molar refractivity (Wildman–Crippen MR) is 52.2 cm³/mol. The van der Waals surface area contributed by atoms with Gasteiger partial charge in [-0.2, -0.15) is 0 Å². The van der Waals surface area contributed by atoms with Gasteiger partial charge in [0.2, 0.25) is 10.0 Å². The van der Waals surface area contributed by atoms with Gasteiger partial charge >= 0.3 is 0 Å². The highest BCUT2D eigenvalue weighted by Crippen LogP contribution is 1.79. The third kappa shape index (κ3) is 8.17. The molecule has 0 fully saturated rings. The normalized spacial score (nSPS) is 11.8. The van der Waals surface area contributed by atoms with Crippen molar-refractivity contribution in [2.24, 2.45) is 0 Å². The van der Waals surface area contributed by atoms with E-state index < -0.39 is 10.0 Å². The standard InChI is InChI=1S/C7H18N2O3S/c1-3-13(10,11)9-5-4-8-6-7-12-2/h8-9H,3-7H2,1-2H3. The van der Waals surface area contributed by atoms with Crippen molar-refractivity contribution in [3.63, 3.8) is 0 Å². The summed E-state index contributed by atoms with van der Waals surface area (Å²) in [6, 6.07) is 0. The van der Waals surface area contributed by atoms with E-state index in [9.17, 15) is 8.42 Å². The average molecular weight is 210 g/mol. The number of methoxy groups -OCH3 is 1. The molecule has 0 saturated heterocycles.